The third-order valence-electron chi connectivity index (χ3n) is 1.57. The van der Waals surface area contributed by atoms with E-state index in [1.165, 1.54) is 0 Å². The van der Waals surface area contributed by atoms with E-state index in [-0.39, 0.29) is 0 Å². The zero-order valence-electron chi connectivity index (χ0n) is 7.41. The molecule has 62 valence electrons. The van der Waals surface area contributed by atoms with Gasteiger partial charge >= 0.3 is 0 Å². The molecule has 0 saturated heterocycles. The molecule has 0 amide bonds. The van der Waals surface area contributed by atoms with E-state index in [9.17, 15) is 0 Å². The lowest BCUT2D eigenvalue weighted by Crippen LogP contribution is -1.78. The van der Waals surface area contributed by atoms with Crippen molar-refractivity contribution in [2.75, 3.05) is 0 Å². The molecule has 0 unspecified atom stereocenters. The minimum atomic E-state index is 0.677. The van der Waals surface area contributed by atoms with Crippen LogP contribution in [0.2, 0.25) is 0 Å². The summed E-state index contributed by atoms with van der Waals surface area (Å²) in [6, 6.07) is 9.56. The normalized spacial score (nSPS) is 8.92. The highest BCUT2D eigenvalue weighted by Crippen LogP contribution is 2.08. The Hall–Kier alpha value is -1.99. The van der Waals surface area contributed by atoms with Crippen LogP contribution < -0.4 is 0 Å². The second-order valence-electron chi connectivity index (χ2n) is 2.43. The molecule has 1 heteroatoms. The van der Waals surface area contributed by atoms with Crippen molar-refractivity contribution in [3.8, 4) is 17.9 Å². The van der Waals surface area contributed by atoms with Crippen LogP contribution in [0.3, 0.4) is 0 Å². The second kappa shape index (κ2) is 4.80. The predicted molar refractivity (Wildman–Crippen MR) is 53.6 cm³/mol. The Morgan fingerprint density at radius 2 is 2.08 bits per heavy atom. The van der Waals surface area contributed by atoms with Crippen LogP contribution in [-0.2, 0) is 0 Å². The first-order valence-corrected chi connectivity index (χ1v) is 3.96. The molecule has 0 radical (unpaired) electrons. The van der Waals surface area contributed by atoms with Gasteiger partial charge in [-0.25, -0.2) is 0 Å². The summed E-state index contributed by atoms with van der Waals surface area (Å²) in [5.41, 5.74) is 1.59. The quantitative estimate of drug-likeness (QED) is 0.590. The van der Waals surface area contributed by atoms with Gasteiger partial charge in [0.1, 0.15) is 0 Å². The van der Waals surface area contributed by atoms with Gasteiger partial charge in [0.15, 0.2) is 0 Å². The summed E-state index contributed by atoms with van der Waals surface area (Å²) < 4.78 is 0. The number of hydrogen-bond acceptors (Lipinski definition) is 1. The summed E-state index contributed by atoms with van der Waals surface area (Å²) >= 11 is 0. The summed E-state index contributed by atoms with van der Waals surface area (Å²) in [6.07, 6.45) is 3.59. The standard InChI is InChI=1S/C12H9N/c1-2-3-4-7-11-8-5-6-9-12(11)10-13/h4-9H,1H3. The average Bonchev–Trinajstić information content (AvgIpc) is 2.19. The highest BCUT2D eigenvalue weighted by atomic mass is 14.2. The molecule has 1 aromatic rings. The molecule has 1 aromatic carbocycles. The average molecular weight is 167 g/mol. The molecule has 0 atom stereocenters. The van der Waals surface area contributed by atoms with Gasteiger partial charge in [-0.05, 0) is 30.7 Å². The maximum Gasteiger partial charge on any atom is 0.0997 e. The Balaban J connectivity index is 2.99. The molecule has 13 heavy (non-hydrogen) atoms. The lowest BCUT2D eigenvalue weighted by atomic mass is 10.1. The van der Waals surface area contributed by atoms with Crippen molar-refractivity contribution in [1.29, 1.82) is 5.26 Å². The monoisotopic (exact) mass is 167 g/mol. The molecular formula is C12H9N. The van der Waals surface area contributed by atoms with Crippen molar-refractivity contribution >= 4 is 6.08 Å². The lowest BCUT2D eigenvalue weighted by Gasteiger charge is -1.93. The minimum absolute atomic E-state index is 0.677. The third kappa shape index (κ3) is 2.51. The van der Waals surface area contributed by atoms with E-state index in [2.05, 4.69) is 17.9 Å². The van der Waals surface area contributed by atoms with Gasteiger partial charge in [0.05, 0.1) is 11.6 Å². The van der Waals surface area contributed by atoms with Crippen LogP contribution >= 0.6 is 0 Å². The van der Waals surface area contributed by atoms with Crippen LogP contribution in [0.4, 0.5) is 0 Å². The lowest BCUT2D eigenvalue weighted by molar-refractivity contribution is 1.47. The van der Waals surface area contributed by atoms with Gasteiger partial charge < -0.3 is 0 Å². The molecule has 0 fully saturated rings. The summed E-state index contributed by atoms with van der Waals surface area (Å²) in [5, 5.41) is 8.76. The Morgan fingerprint density at radius 3 is 2.77 bits per heavy atom. The van der Waals surface area contributed by atoms with Crippen LogP contribution in [-0.4, -0.2) is 0 Å². The highest BCUT2D eigenvalue weighted by molar-refractivity contribution is 5.59. The number of benzene rings is 1. The molecule has 1 nitrogen and oxygen atoms in total. The second-order valence-corrected chi connectivity index (χ2v) is 2.43. The predicted octanol–water partition coefficient (Wildman–Crippen LogP) is 2.59. The Kier molecular flexibility index (Phi) is 3.36. The Morgan fingerprint density at radius 1 is 1.31 bits per heavy atom. The first-order valence-electron chi connectivity index (χ1n) is 3.96. The molecule has 1 rings (SSSR count). The van der Waals surface area contributed by atoms with Crippen LogP contribution in [0.5, 0.6) is 0 Å². The van der Waals surface area contributed by atoms with Crippen molar-refractivity contribution in [2.24, 2.45) is 0 Å². The van der Waals surface area contributed by atoms with Crippen molar-refractivity contribution in [1.82, 2.24) is 0 Å². The van der Waals surface area contributed by atoms with Crippen molar-refractivity contribution in [3.05, 3.63) is 41.5 Å². The van der Waals surface area contributed by atoms with E-state index in [1.807, 2.05) is 24.3 Å². The van der Waals surface area contributed by atoms with Crippen molar-refractivity contribution in [2.45, 2.75) is 6.92 Å². The van der Waals surface area contributed by atoms with Gasteiger partial charge in [-0.15, -0.1) is 5.92 Å². The molecule has 0 heterocycles. The fourth-order valence-corrected chi connectivity index (χ4v) is 0.959. The number of nitriles is 1. The summed E-state index contributed by atoms with van der Waals surface area (Å²) in [4.78, 5) is 0. The number of rotatable bonds is 1. The van der Waals surface area contributed by atoms with Gasteiger partial charge in [0, 0.05) is 0 Å². The Bertz CT molecular complexity index is 411. The smallest absolute Gasteiger partial charge is 0.0997 e. The van der Waals surface area contributed by atoms with Crippen LogP contribution in [0.15, 0.2) is 30.3 Å². The summed E-state index contributed by atoms with van der Waals surface area (Å²) in [7, 11) is 0. The van der Waals surface area contributed by atoms with E-state index in [4.69, 9.17) is 5.26 Å². The van der Waals surface area contributed by atoms with Gasteiger partial charge in [-0.3, -0.25) is 0 Å². The first kappa shape index (κ1) is 9.10. The summed E-state index contributed by atoms with van der Waals surface area (Å²) in [5.74, 6) is 5.56. The topological polar surface area (TPSA) is 23.8 Å². The fourth-order valence-electron chi connectivity index (χ4n) is 0.959. The zero-order chi connectivity index (χ0) is 9.52. The van der Waals surface area contributed by atoms with E-state index >= 15 is 0 Å². The number of allylic oxidation sites excluding steroid dienone is 1. The van der Waals surface area contributed by atoms with Gasteiger partial charge in [-0.1, -0.05) is 24.1 Å². The molecule has 0 aliphatic heterocycles. The molecule has 0 spiro atoms. The molecule has 0 N–H and O–H groups in total. The summed E-state index contributed by atoms with van der Waals surface area (Å²) in [6.45, 7) is 1.78. The maximum absolute atomic E-state index is 8.76. The fraction of sp³-hybridized carbons (Fsp3) is 0.0833. The molecule has 0 bridgehead atoms. The third-order valence-corrected chi connectivity index (χ3v) is 1.57. The zero-order valence-corrected chi connectivity index (χ0v) is 7.41. The molecule has 0 aromatic heterocycles. The van der Waals surface area contributed by atoms with Crippen LogP contribution in [0.1, 0.15) is 18.1 Å². The molecular weight excluding hydrogens is 158 g/mol. The van der Waals surface area contributed by atoms with Gasteiger partial charge in [-0.2, -0.15) is 5.26 Å². The van der Waals surface area contributed by atoms with Crippen molar-refractivity contribution in [3.63, 3.8) is 0 Å². The number of hydrogen-bond donors (Lipinski definition) is 0. The van der Waals surface area contributed by atoms with Crippen molar-refractivity contribution < 1.29 is 0 Å². The molecule has 0 aliphatic carbocycles. The van der Waals surface area contributed by atoms with Gasteiger partial charge in [0.25, 0.3) is 0 Å². The van der Waals surface area contributed by atoms with Crippen LogP contribution in [0, 0.1) is 23.2 Å². The van der Waals surface area contributed by atoms with E-state index < -0.39 is 0 Å². The minimum Gasteiger partial charge on any atom is -0.192 e. The van der Waals surface area contributed by atoms with E-state index in [0.717, 1.165) is 5.56 Å². The number of nitrogens with zero attached hydrogens (tertiary/aromatic N) is 1. The SMILES string of the molecule is CC#CC=Cc1ccccc1C#N. The first-order chi connectivity index (χ1) is 6.38. The van der Waals surface area contributed by atoms with E-state index in [1.54, 1.807) is 19.1 Å². The maximum atomic E-state index is 8.76. The van der Waals surface area contributed by atoms with Gasteiger partial charge in [0.2, 0.25) is 0 Å². The largest absolute Gasteiger partial charge is 0.192 e. The molecule has 0 saturated carbocycles. The molecule has 0 aliphatic rings. The van der Waals surface area contributed by atoms with E-state index in [0.29, 0.717) is 5.56 Å². The Labute approximate surface area is 78.3 Å². The highest BCUT2D eigenvalue weighted by Gasteiger charge is 1.93. The van der Waals surface area contributed by atoms with Crippen LogP contribution in [0.25, 0.3) is 6.08 Å².